The minimum Gasteiger partial charge on any atom is -0.382 e. The van der Waals surface area contributed by atoms with E-state index in [1.54, 1.807) is 0 Å². The SMILES string of the molecule is CC(CC1CC1)Nc1cccc2ccncc12. The summed E-state index contributed by atoms with van der Waals surface area (Å²) in [5.74, 6) is 0.964. The van der Waals surface area contributed by atoms with Crippen LogP contribution in [0.5, 0.6) is 0 Å². The first-order chi connectivity index (χ1) is 8.33. The topological polar surface area (TPSA) is 24.9 Å². The zero-order chi connectivity index (χ0) is 11.7. The number of aromatic nitrogens is 1. The fourth-order valence-electron chi connectivity index (χ4n) is 2.42. The van der Waals surface area contributed by atoms with Crippen molar-refractivity contribution < 1.29 is 0 Å². The van der Waals surface area contributed by atoms with Crippen molar-refractivity contribution in [2.45, 2.75) is 32.2 Å². The predicted molar refractivity (Wildman–Crippen MR) is 72.2 cm³/mol. The van der Waals surface area contributed by atoms with Gasteiger partial charge in [-0.25, -0.2) is 0 Å². The van der Waals surface area contributed by atoms with E-state index in [2.05, 4.69) is 41.5 Å². The van der Waals surface area contributed by atoms with Crippen molar-refractivity contribution >= 4 is 16.5 Å². The highest BCUT2D eigenvalue weighted by Crippen LogP contribution is 2.34. The van der Waals surface area contributed by atoms with Crippen LogP contribution in [0.4, 0.5) is 5.69 Å². The van der Waals surface area contributed by atoms with Gasteiger partial charge in [0, 0.05) is 29.5 Å². The molecule has 2 aromatic rings. The molecule has 0 aliphatic heterocycles. The molecule has 0 radical (unpaired) electrons. The molecule has 2 heteroatoms. The third kappa shape index (κ3) is 2.41. The molecule has 2 nitrogen and oxygen atoms in total. The van der Waals surface area contributed by atoms with Gasteiger partial charge in [-0.05, 0) is 36.8 Å². The van der Waals surface area contributed by atoms with Gasteiger partial charge in [-0.2, -0.15) is 0 Å². The zero-order valence-electron chi connectivity index (χ0n) is 10.2. The van der Waals surface area contributed by atoms with Crippen LogP contribution in [0, 0.1) is 5.92 Å². The molecule has 0 saturated heterocycles. The van der Waals surface area contributed by atoms with E-state index in [-0.39, 0.29) is 0 Å². The van der Waals surface area contributed by atoms with Gasteiger partial charge in [-0.3, -0.25) is 4.98 Å². The van der Waals surface area contributed by atoms with Crippen LogP contribution in [0.15, 0.2) is 36.7 Å². The van der Waals surface area contributed by atoms with Crippen LogP contribution < -0.4 is 5.32 Å². The molecule has 1 heterocycles. The highest BCUT2D eigenvalue weighted by atomic mass is 14.9. The van der Waals surface area contributed by atoms with Gasteiger partial charge in [-0.1, -0.05) is 25.0 Å². The smallest absolute Gasteiger partial charge is 0.0437 e. The fraction of sp³-hybridized carbons (Fsp3) is 0.400. The van der Waals surface area contributed by atoms with Gasteiger partial charge in [-0.15, -0.1) is 0 Å². The maximum atomic E-state index is 4.21. The molecule has 1 aromatic heterocycles. The first-order valence-corrected chi connectivity index (χ1v) is 6.42. The van der Waals surface area contributed by atoms with E-state index in [4.69, 9.17) is 0 Å². The summed E-state index contributed by atoms with van der Waals surface area (Å²) in [6, 6.07) is 9.00. The van der Waals surface area contributed by atoms with Crippen molar-refractivity contribution in [2.75, 3.05) is 5.32 Å². The van der Waals surface area contributed by atoms with Crippen LogP contribution in [-0.4, -0.2) is 11.0 Å². The molecule has 0 spiro atoms. The molecule has 1 aliphatic carbocycles. The first kappa shape index (κ1) is 10.6. The molecule has 1 fully saturated rings. The summed E-state index contributed by atoms with van der Waals surface area (Å²) >= 11 is 0. The van der Waals surface area contributed by atoms with Crippen LogP contribution >= 0.6 is 0 Å². The van der Waals surface area contributed by atoms with Gasteiger partial charge in [0.25, 0.3) is 0 Å². The van der Waals surface area contributed by atoms with Gasteiger partial charge in [0.2, 0.25) is 0 Å². The number of nitrogens with one attached hydrogen (secondary N) is 1. The summed E-state index contributed by atoms with van der Waals surface area (Å²) in [7, 11) is 0. The Kier molecular flexibility index (Phi) is 2.71. The average molecular weight is 226 g/mol. The highest BCUT2D eigenvalue weighted by molar-refractivity contribution is 5.93. The minimum absolute atomic E-state index is 0.549. The number of benzene rings is 1. The summed E-state index contributed by atoms with van der Waals surface area (Å²) < 4.78 is 0. The quantitative estimate of drug-likeness (QED) is 0.856. The standard InChI is InChI=1S/C15H18N2/c1-11(9-12-5-6-12)17-15-4-2-3-13-7-8-16-10-14(13)15/h2-4,7-8,10-12,17H,5-6,9H2,1H3. The minimum atomic E-state index is 0.549. The maximum absolute atomic E-state index is 4.21. The molecule has 1 atom stereocenters. The molecule has 1 aliphatic rings. The normalized spacial score (nSPS) is 17.0. The molecule has 0 bridgehead atoms. The molecular weight excluding hydrogens is 208 g/mol. The lowest BCUT2D eigenvalue weighted by atomic mass is 10.1. The summed E-state index contributed by atoms with van der Waals surface area (Å²) in [4.78, 5) is 4.21. The lowest BCUT2D eigenvalue weighted by Crippen LogP contribution is -2.15. The highest BCUT2D eigenvalue weighted by Gasteiger charge is 2.23. The number of fused-ring (bicyclic) bond motifs is 1. The lowest BCUT2D eigenvalue weighted by Gasteiger charge is -2.16. The van der Waals surface area contributed by atoms with Crippen molar-refractivity contribution in [2.24, 2.45) is 5.92 Å². The second kappa shape index (κ2) is 4.36. The average Bonchev–Trinajstić information content (AvgIpc) is 3.13. The number of rotatable bonds is 4. The molecule has 0 amide bonds. The third-order valence-corrected chi connectivity index (χ3v) is 3.47. The van der Waals surface area contributed by atoms with E-state index in [9.17, 15) is 0 Å². The number of nitrogens with zero attached hydrogens (tertiary/aromatic N) is 1. The predicted octanol–water partition coefficient (Wildman–Crippen LogP) is 3.84. The van der Waals surface area contributed by atoms with Crippen molar-refractivity contribution in [1.82, 2.24) is 4.98 Å². The molecule has 17 heavy (non-hydrogen) atoms. The first-order valence-electron chi connectivity index (χ1n) is 6.42. The molecular formula is C15H18N2. The largest absolute Gasteiger partial charge is 0.382 e. The van der Waals surface area contributed by atoms with E-state index in [1.165, 1.54) is 35.7 Å². The van der Waals surface area contributed by atoms with Gasteiger partial charge < -0.3 is 5.32 Å². The van der Waals surface area contributed by atoms with E-state index in [1.807, 2.05) is 12.4 Å². The van der Waals surface area contributed by atoms with Gasteiger partial charge in [0.05, 0.1) is 0 Å². The molecule has 3 rings (SSSR count). The molecule has 1 aromatic carbocycles. The Morgan fingerprint density at radius 3 is 3.06 bits per heavy atom. The maximum Gasteiger partial charge on any atom is 0.0437 e. The van der Waals surface area contributed by atoms with Crippen molar-refractivity contribution in [3.63, 3.8) is 0 Å². The third-order valence-electron chi connectivity index (χ3n) is 3.47. The summed E-state index contributed by atoms with van der Waals surface area (Å²) in [5, 5.41) is 6.09. The second-order valence-electron chi connectivity index (χ2n) is 5.13. The Hall–Kier alpha value is -1.57. The van der Waals surface area contributed by atoms with Crippen molar-refractivity contribution in [3.05, 3.63) is 36.7 Å². The number of hydrogen-bond acceptors (Lipinski definition) is 2. The summed E-state index contributed by atoms with van der Waals surface area (Å²) in [6.45, 7) is 2.27. The van der Waals surface area contributed by atoms with Gasteiger partial charge in [0.1, 0.15) is 0 Å². The van der Waals surface area contributed by atoms with Crippen LogP contribution in [0.2, 0.25) is 0 Å². The van der Waals surface area contributed by atoms with Gasteiger partial charge in [0.15, 0.2) is 0 Å². The fourth-order valence-corrected chi connectivity index (χ4v) is 2.42. The number of hydrogen-bond donors (Lipinski definition) is 1. The second-order valence-corrected chi connectivity index (χ2v) is 5.13. The Balaban J connectivity index is 1.83. The Morgan fingerprint density at radius 1 is 1.35 bits per heavy atom. The summed E-state index contributed by atoms with van der Waals surface area (Å²) in [5.41, 5.74) is 1.21. The molecule has 1 N–H and O–H groups in total. The molecule has 1 unspecified atom stereocenters. The Labute approximate surface area is 102 Å². The van der Waals surface area contributed by atoms with Crippen molar-refractivity contribution in [1.29, 1.82) is 0 Å². The van der Waals surface area contributed by atoms with E-state index in [0.29, 0.717) is 6.04 Å². The lowest BCUT2D eigenvalue weighted by molar-refractivity contribution is 0.643. The Morgan fingerprint density at radius 2 is 2.24 bits per heavy atom. The van der Waals surface area contributed by atoms with Crippen LogP contribution in [0.3, 0.4) is 0 Å². The van der Waals surface area contributed by atoms with Crippen LogP contribution in [0.25, 0.3) is 10.8 Å². The monoisotopic (exact) mass is 226 g/mol. The zero-order valence-corrected chi connectivity index (χ0v) is 10.2. The number of anilines is 1. The van der Waals surface area contributed by atoms with E-state index >= 15 is 0 Å². The van der Waals surface area contributed by atoms with Crippen LogP contribution in [-0.2, 0) is 0 Å². The van der Waals surface area contributed by atoms with Gasteiger partial charge >= 0.3 is 0 Å². The molecule has 88 valence electrons. The van der Waals surface area contributed by atoms with E-state index < -0.39 is 0 Å². The Bertz CT molecular complexity index is 512. The number of pyridine rings is 1. The van der Waals surface area contributed by atoms with Crippen LogP contribution in [0.1, 0.15) is 26.2 Å². The van der Waals surface area contributed by atoms with Crippen molar-refractivity contribution in [3.8, 4) is 0 Å². The molecule has 1 saturated carbocycles. The summed E-state index contributed by atoms with van der Waals surface area (Å²) in [6.07, 6.45) is 7.92. The van der Waals surface area contributed by atoms with E-state index in [0.717, 1.165) is 5.92 Å².